The zero-order chi connectivity index (χ0) is 8.97. The van der Waals surface area contributed by atoms with Crippen LogP contribution in [0.5, 0.6) is 0 Å². The van der Waals surface area contributed by atoms with Crippen LogP contribution in [-0.4, -0.2) is 21.8 Å². The van der Waals surface area contributed by atoms with Crippen LogP contribution in [0.1, 0.15) is 10.4 Å². The first-order chi connectivity index (χ1) is 5.74. The van der Waals surface area contributed by atoms with Crippen LogP contribution in [0, 0.1) is 0 Å². The van der Waals surface area contributed by atoms with Gasteiger partial charge in [-0.2, -0.15) is 4.79 Å². The minimum atomic E-state index is -0.415. The largest absolute Gasteiger partial charge is 0.361 e. The number of rotatable bonds is 2. The summed E-state index contributed by atoms with van der Waals surface area (Å²) in [5.74, 6) is -0.415. The molecule has 0 amide bonds. The van der Waals surface area contributed by atoms with Gasteiger partial charge < -0.3 is 5.53 Å². The van der Waals surface area contributed by atoms with E-state index >= 15 is 0 Å². The first kappa shape index (κ1) is 8.59. The van der Waals surface area contributed by atoms with Crippen molar-refractivity contribution in [3.63, 3.8) is 0 Å². The highest BCUT2D eigenvalue weighted by atomic mass is 35.5. The summed E-state index contributed by atoms with van der Waals surface area (Å²) in [6, 6.07) is 2.99. The molecule has 0 atom stereocenters. The molecule has 0 N–H and O–H groups in total. The van der Waals surface area contributed by atoms with Gasteiger partial charge in [0.25, 0.3) is 5.78 Å². The molecule has 0 saturated heterocycles. The van der Waals surface area contributed by atoms with Crippen molar-refractivity contribution in [2.45, 2.75) is 0 Å². The highest BCUT2D eigenvalue weighted by Crippen LogP contribution is 2.04. The third-order valence-corrected chi connectivity index (χ3v) is 1.41. The molecule has 0 bridgehead atoms. The van der Waals surface area contributed by atoms with Gasteiger partial charge in [-0.05, 0) is 12.1 Å². The Kier molecular flexibility index (Phi) is 2.69. The van der Waals surface area contributed by atoms with Crippen LogP contribution in [0.2, 0.25) is 5.15 Å². The number of carbonyl (C=O) groups is 1. The van der Waals surface area contributed by atoms with Crippen molar-refractivity contribution in [2.24, 2.45) is 0 Å². The Morgan fingerprint density at radius 2 is 2.42 bits per heavy atom. The molecule has 12 heavy (non-hydrogen) atoms. The van der Waals surface area contributed by atoms with Crippen molar-refractivity contribution in [2.75, 3.05) is 0 Å². The fourth-order valence-corrected chi connectivity index (χ4v) is 0.760. The highest BCUT2D eigenvalue weighted by molar-refractivity contribution is 6.33. The molecule has 1 rings (SSSR count). The average Bonchev–Trinajstić information content (AvgIpc) is 2.06. The lowest BCUT2D eigenvalue weighted by atomic mass is 10.2. The van der Waals surface area contributed by atoms with Gasteiger partial charge in [-0.3, -0.25) is 4.79 Å². The van der Waals surface area contributed by atoms with Crippen LogP contribution >= 0.6 is 11.6 Å². The molecule has 0 spiro atoms. The normalized spacial score (nSPS) is 8.75. The topological polar surface area (TPSA) is 66.4 Å². The third-order valence-electron chi connectivity index (χ3n) is 1.19. The molecule has 0 aromatic carbocycles. The predicted molar refractivity (Wildman–Crippen MR) is 43.3 cm³/mol. The molecule has 4 nitrogen and oxygen atoms in total. The molecule has 0 aliphatic heterocycles. The quantitative estimate of drug-likeness (QED) is 0.226. The van der Waals surface area contributed by atoms with Gasteiger partial charge in [0.15, 0.2) is 0 Å². The number of halogens is 1. The molecule has 0 saturated carbocycles. The number of hydrogen-bond donors (Lipinski definition) is 0. The van der Waals surface area contributed by atoms with Gasteiger partial charge >= 0.3 is 6.21 Å². The number of pyridine rings is 1. The Morgan fingerprint density at radius 1 is 1.67 bits per heavy atom. The summed E-state index contributed by atoms with van der Waals surface area (Å²) in [5, 5.41) is 0.312. The summed E-state index contributed by atoms with van der Waals surface area (Å²) >= 11 is 5.49. The van der Waals surface area contributed by atoms with Crippen molar-refractivity contribution in [3.8, 4) is 0 Å². The van der Waals surface area contributed by atoms with Gasteiger partial charge in [-0.15, -0.1) is 0 Å². The first-order valence-electron chi connectivity index (χ1n) is 3.07. The predicted octanol–water partition coefficient (Wildman–Crippen LogP) is 1.22. The van der Waals surface area contributed by atoms with E-state index < -0.39 is 5.78 Å². The van der Waals surface area contributed by atoms with Crippen LogP contribution in [0.4, 0.5) is 0 Å². The Bertz CT molecular complexity index is 340. The van der Waals surface area contributed by atoms with E-state index in [-0.39, 0.29) is 0 Å². The van der Waals surface area contributed by atoms with E-state index in [2.05, 4.69) is 9.77 Å². The molecule has 0 fully saturated rings. The third kappa shape index (κ3) is 1.99. The zero-order valence-electron chi connectivity index (χ0n) is 5.94. The van der Waals surface area contributed by atoms with E-state index in [0.29, 0.717) is 10.7 Å². The van der Waals surface area contributed by atoms with E-state index in [1.165, 1.54) is 18.3 Å². The summed E-state index contributed by atoms with van der Waals surface area (Å²) in [5.41, 5.74) is 8.39. The minimum Gasteiger partial charge on any atom is -0.361 e. The molecular formula is C7H4ClN3O. The summed E-state index contributed by atoms with van der Waals surface area (Å²) in [6.45, 7) is 0. The van der Waals surface area contributed by atoms with Crippen LogP contribution in [0.25, 0.3) is 5.53 Å². The molecule has 0 aliphatic carbocycles. The molecule has 1 aromatic heterocycles. The zero-order valence-corrected chi connectivity index (χ0v) is 6.69. The van der Waals surface area contributed by atoms with Gasteiger partial charge in [0, 0.05) is 11.8 Å². The SMILES string of the molecule is [N-]=[N+]=CC(=O)c1ccc(Cl)nc1. The van der Waals surface area contributed by atoms with Gasteiger partial charge in [0.1, 0.15) is 5.15 Å². The number of Topliss-reactive ketones (excluding diaryl/α,β-unsaturated/α-hetero) is 1. The highest BCUT2D eigenvalue weighted by Gasteiger charge is 2.05. The summed E-state index contributed by atoms with van der Waals surface area (Å²) < 4.78 is 0. The van der Waals surface area contributed by atoms with E-state index in [9.17, 15) is 4.79 Å². The number of aromatic nitrogens is 1. The maximum absolute atomic E-state index is 11.0. The second-order valence-corrected chi connectivity index (χ2v) is 2.37. The summed E-state index contributed by atoms with van der Waals surface area (Å²) in [4.78, 5) is 17.2. The van der Waals surface area contributed by atoms with Crippen molar-refractivity contribution in [1.29, 1.82) is 0 Å². The van der Waals surface area contributed by atoms with Gasteiger partial charge in [-0.25, -0.2) is 4.98 Å². The Labute approximate surface area is 73.4 Å². The first-order valence-corrected chi connectivity index (χ1v) is 3.45. The summed E-state index contributed by atoms with van der Waals surface area (Å²) in [6.07, 6.45) is 2.11. The fourth-order valence-electron chi connectivity index (χ4n) is 0.649. The van der Waals surface area contributed by atoms with Gasteiger partial charge in [0.2, 0.25) is 0 Å². The van der Waals surface area contributed by atoms with Crippen LogP contribution in [-0.2, 0) is 0 Å². The molecule has 0 unspecified atom stereocenters. The second kappa shape index (κ2) is 3.76. The lowest BCUT2D eigenvalue weighted by molar-refractivity contribution is 0.00234. The summed E-state index contributed by atoms with van der Waals surface area (Å²) in [7, 11) is 0. The minimum absolute atomic E-state index is 0.312. The van der Waals surface area contributed by atoms with Crippen molar-refractivity contribution in [3.05, 3.63) is 34.6 Å². The standard InChI is InChI=1S/C7H4ClN3O/c8-7-2-1-5(3-10-7)6(12)4-11-9/h1-4H. The molecular weight excluding hydrogens is 178 g/mol. The Balaban J connectivity index is 2.97. The van der Waals surface area contributed by atoms with Crippen molar-refractivity contribution in [1.82, 2.24) is 4.98 Å². The van der Waals surface area contributed by atoms with Crippen molar-refractivity contribution >= 4 is 23.6 Å². The molecule has 5 heteroatoms. The van der Waals surface area contributed by atoms with Crippen LogP contribution in [0.3, 0.4) is 0 Å². The number of ketones is 1. The second-order valence-electron chi connectivity index (χ2n) is 1.98. The fraction of sp³-hybridized carbons (Fsp3) is 0. The average molecular weight is 182 g/mol. The molecule has 60 valence electrons. The molecule has 1 heterocycles. The molecule has 1 aromatic rings. The van der Waals surface area contributed by atoms with E-state index in [0.717, 1.165) is 6.21 Å². The number of hydrogen-bond acceptors (Lipinski definition) is 2. The van der Waals surface area contributed by atoms with E-state index in [1.807, 2.05) is 0 Å². The maximum atomic E-state index is 11.0. The lowest BCUT2D eigenvalue weighted by Crippen LogP contribution is -2.00. The molecule has 0 aliphatic rings. The van der Waals surface area contributed by atoms with Gasteiger partial charge in [0.05, 0.1) is 0 Å². The van der Waals surface area contributed by atoms with E-state index in [1.54, 1.807) is 0 Å². The maximum Gasteiger partial charge on any atom is 0.328 e. The smallest absolute Gasteiger partial charge is 0.328 e. The van der Waals surface area contributed by atoms with Crippen molar-refractivity contribution < 1.29 is 9.58 Å². The lowest BCUT2D eigenvalue weighted by Gasteiger charge is -1.90. The number of nitrogens with zero attached hydrogens (tertiary/aromatic N) is 3. The monoisotopic (exact) mass is 181 g/mol. The van der Waals surface area contributed by atoms with Crippen LogP contribution in [0.15, 0.2) is 18.3 Å². The number of carbonyl (C=O) groups excluding carboxylic acids is 1. The Morgan fingerprint density at radius 3 is 2.92 bits per heavy atom. The van der Waals surface area contributed by atoms with Crippen LogP contribution < -0.4 is 0 Å². The van der Waals surface area contributed by atoms with Gasteiger partial charge in [-0.1, -0.05) is 11.6 Å². The molecule has 0 radical (unpaired) electrons. The Hall–Kier alpha value is -1.51. The van der Waals surface area contributed by atoms with E-state index in [4.69, 9.17) is 17.1 Å².